The number of aromatic nitrogens is 1. The van der Waals surface area contributed by atoms with Gasteiger partial charge in [-0.1, -0.05) is 19.9 Å². The molecule has 1 N–H and O–H groups in total. The molecule has 1 aromatic heterocycles. The van der Waals surface area contributed by atoms with Crippen molar-refractivity contribution in [2.24, 2.45) is 0 Å². The van der Waals surface area contributed by atoms with Crippen molar-refractivity contribution in [1.29, 1.82) is 0 Å². The minimum atomic E-state index is -0.317. The van der Waals surface area contributed by atoms with Crippen molar-refractivity contribution in [3.8, 4) is 11.5 Å². The predicted octanol–water partition coefficient (Wildman–Crippen LogP) is 3.51. The molecule has 1 aromatic carbocycles. The summed E-state index contributed by atoms with van der Waals surface area (Å²) in [6, 6.07) is 8.36. The predicted molar refractivity (Wildman–Crippen MR) is 72.7 cm³/mol. The second-order valence-electron chi connectivity index (χ2n) is 4.62. The van der Waals surface area contributed by atoms with Crippen molar-refractivity contribution < 1.29 is 9.13 Å². The topological polar surface area (TPSA) is 34.2 Å². The van der Waals surface area contributed by atoms with Crippen LogP contribution in [0.5, 0.6) is 11.5 Å². The molecular formula is C15H17FN2O. The summed E-state index contributed by atoms with van der Waals surface area (Å²) in [7, 11) is 0. The molecule has 0 saturated heterocycles. The minimum Gasteiger partial charge on any atom is -0.456 e. The normalized spacial score (nSPS) is 10.7. The highest BCUT2D eigenvalue weighted by molar-refractivity contribution is 5.31. The number of nitrogens with one attached hydrogen (secondary N) is 1. The van der Waals surface area contributed by atoms with Crippen molar-refractivity contribution in [2.45, 2.75) is 26.4 Å². The van der Waals surface area contributed by atoms with Gasteiger partial charge in [-0.05, 0) is 23.8 Å². The summed E-state index contributed by atoms with van der Waals surface area (Å²) in [5.41, 5.74) is 1.03. The van der Waals surface area contributed by atoms with E-state index >= 15 is 0 Å². The summed E-state index contributed by atoms with van der Waals surface area (Å²) in [5, 5.41) is 3.31. The zero-order chi connectivity index (χ0) is 13.7. The fourth-order valence-electron chi connectivity index (χ4n) is 1.60. The molecule has 0 radical (unpaired) electrons. The number of rotatable bonds is 5. The Bertz CT molecular complexity index is 543. The zero-order valence-electron chi connectivity index (χ0n) is 11.1. The number of benzene rings is 1. The maximum atomic E-state index is 13.1. The molecule has 0 unspecified atom stereocenters. The Morgan fingerprint density at radius 2 is 2.05 bits per heavy atom. The Labute approximate surface area is 112 Å². The van der Waals surface area contributed by atoms with Crippen molar-refractivity contribution in [2.75, 3.05) is 0 Å². The molecule has 0 saturated carbocycles. The lowest BCUT2D eigenvalue weighted by molar-refractivity contribution is 0.472. The van der Waals surface area contributed by atoms with Gasteiger partial charge in [0, 0.05) is 24.8 Å². The van der Waals surface area contributed by atoms with E-state index in [1.165, 1.54) is 12.1 Å². The average Bonchev–Trinajstić information content (AvgIpc) is 2.37. The van der Waals surface area contributed by atoms with Crippen molar-refractivity contribution in [3.05, 3.63) is 54.1 Å². The van der Waals surface area contributed by atoms with Gasteiger partial charge < -0.3 is 10.1 Å². The molecular weight excluding hydrogens is 243 g/mol. The minimum absolute atomic E-state index is 0.317. The molecule has 0 spiro atoms. The second kappa shape index (κ2) is 6.29. The second-order valence-corrected chi connectivity index (χ2v) is 4.62. The lowest BCUT2D eigenvalue weighted by atomic mass is 10.2. The standard InChI is InChI=1S/C15H17FN2O/c1-11(2)18-9-12-6-15(10-17-8-12)19-14-5-3-4-13(16)7-14/h3-8,10-11,18H,9H2,1-2H3. The molecule has 3 nitrogen and oxygen atoms in total. The summed E-state index contributed by atoms with van der Waals surface area (Å²) in [4.78, 5) is 4.12. The highest BCUT2D eigenvalue weighted by Crippen LogP contribution is 2.21. The van der Waals surface area contributed by atoms with E-state index in [0.717, 1.165) is 12.1 Å². The Morgan fingerprint density at radius 3 is 2.79 bits per heavy atom. The SMILES string of the molecule is CC(C)NCc1cncc(Oc2cccc(F)c2)c1. The average molecular weight is 260 g/mol. The van der Waals surface area contributed by atoms with Crippen molar-refractivity contribution >= 4 is 0 Å². The van der Waals surface area contributed by atoms with E-state index < -0.39 is 0 Å². The highest BCUT2D eigenvalue weighted by Gasteiger charge is 2.02. The van der Waals surface area contributed by atoms with E-state index in [0.29, 0.717) is 17.5 Å². The molecule has 0 atom stereocenters. The quantitative estimate of drug-likeness (QED) is 0.893. The lowest BCUT2D eigenvalue weighted by Crippen LogP contribution is -2.21. The van der Waals surface area contributed by atoms with E-state index in [1.54, 1.807) is 24.5 Å². The van der Waals surface area contributed by atoms with E-state index in [1.807, 2.05) is 6.07 Å². The lowest BCUT2D eigenvalue weighted by Gasteiger charge is -2.09. The van der Waals surface area contributed by atoms with Gasteiger partial charge in [-0.2, -0.15) is 0 Å². The molecule has 19 heavy (non-hydrogen) atoms. The van der Waals surface area contributed by atoms with Crippen LogP contribution in [-0.4, -0.2) is 11.0 Å². The first-order valence-corrected chi connectivity index (χ1v) is 6.24. The van der Waals surface area contributed by atoms with E-state index in [-0.39, 0.29) is 5.82 Å². The van der Waals surface area contributed by atoms with Crippen LogP contribution in [0.4, 0.5) is 4.39 Å². The molecule has 1 heterocycles. The Kier molecular flexibility index (Phi) is 4.47. The molecule has 0 bridgehead atoms. The first-order chi connectivity index (χ1) is 9.13. The molecule has 0 amide bonds. The van der Waals surface area contributed by atoms with Crippen LogP contribution in [0.1, 0.15) is 19.4 Å². The number of pyridine rings is 1. The third kappa shape index (κ3) is 4.34. The zero-order valence-corrected chi connectivity index (χ0v) is 11.1. The van der Waals surface area contributed by atoms with Crippen molar-refractivity contribution in [3.63, 3.8) is 0 Å². The maximum absolute atomic E-state index is 13.1. The highest BCUT2D eigenvalue weighted by atomic mass is 19.1. The van der Waals surface area contributed by atoms with Gasteiger partial charge in [-0.3, -0.25) is 4.98 Å². The fourth-order valence-corrected chi connectivity index (χ4v) is 1.60. The van der Waals surface area contributed by atoms with Gasteiger partial charge in [0.05, 0.1) is 6.20 Å². The largest absolute Gasteiger partial charge is 0.456 e. The molecule has 0 aliphatic heterocycles. The van der Waals surface area contributed by atoms with Crippen LogP contribution < -0.4 is 10.1 Å². The number of hydrogen-bond donors (Lipinski definition) is 1. The van der Waals surface area contributed by atoms with Crippen LogP contribution in [0.25, 0.3) is 0 Å². The third-order valence-corrected chi connectivity index (χ3v) is 2.52. The van der Waals surface area contributed by atoms with Gasteiger partial charge in [0.2, 0.25) is 0 Å². The van der Waals surface area contributed by atoms with Crippen LogP contribution in [0.2, 0.25) is 0 Å². The monoisotopic (exact) mass is 260 g/mol. The van der Waals surface area contributed by atoms with E-state index in [9.17, 15) is 4.39 Å². The van der Waals surface area contributed by atoms with Crippen molar-refractivity contribution in [1.82, 2.24) is 10.3 Å². The molecule has 2 rings (SSSR count). The molecule has 0 fully saturated rings. The summed E-state index contributed by atoms with van der Waals surface area (Å²) in [6.45, 7) is 4.89. The molecule has 4 heteroatoms. The Morgan fingerprint density at radius 1 is 1.21 bits per heavy atom. The van der Waals surface area contributed by atoms with Crippen LogP contribution >= 0.6 is 0 Å². The number of nitrogens with zero attached hydrogens (tertiary/aromatic N) is 1. The number of halogens is 1. The van der Waals surface area contributed by atoms with Crippen LogP contribution in [0, 0.1) is 5.82 Å². The maximum Gasteiger partial charge on any atom is 0.146 e. The molecule has 0 aliphatic rings. The molecule has 100 valence electrons. The van der Waals surface area contributed by atoms with Gasteiger partial charge in [-0.25, -0.2) is 4.39 Å². The summed E-state index contributed by atoms with van der Waals surface area (Å²) < 4.78 is 18.6. The van der Waals surface area contributed by atoms with E-state index in [4.69, 9.17) is 4.74 Å². The molecule has 2 aromatic rings. The van der Waals surface area contributed by atoms with Gasteiger partial charge in [0.1, 0.15) is 17.3 Å². The summed E-state index contributed by atoms with van der Waals surface area (Å²) >= 11 is 0. The van der Waals surface area contributed by atoms with Crippen LogP contribution in [0.15, 0.2) is 42.7 Å². The Balaban J connectivity index is 2.06. The van der Waals surface area contributed by atoms with Crippen LogP contribution in [0.3, 0.4) is 0 Å². The summed E-state index contributed by atoms with van der Waals surface area (Å²) in [6.07, 6.45) is 3.40. The van der Waals surface area contributed by atoms with Crippen LogP contribution in [-0.2, 0) is 6.54 Å². The van der Waals surface area contributed by atoms with Gasteiger partial charge in [0.15, 0.2) is 0 Å². The van der Waals surface area contributed by atoms with E-state index in [2.05, 4.69) is 24.1 Å². The van der Waals surface area contributed by atoms with Gasteiger partial charge in [0.25, 0.3) is 0 Å². The number of hydrogen-bond acceptors (Lipinski definition) is 3. The fraction of sp³-hybridized carbons (Fsp3) is 0.267. The Hall–Kier alpha value is -1.94. The van der Waals surface area contributed by atoms with Gasteiger partial charge in [-0.15, -0.1) is 0 Å². The molecule has 0 aliphatic carbocycles. The van der Waals surface area contributed by atoms with Gasteiger partial charge >= 0.3 is 0 Å². The third-order valence-electron chi connectivity index (χ3n) is 2.52. The summed E-state index contributed by atoms with van der Waals surface area (Å²) in [5.74, 6) is 0.757. The first kappa shape index (κ1) is 13.5. The smallest absolute Gasteiger partial charge is 0.146 e. The number of ether oxygens (including phenoxy) is 1. The first-order valence-electron chi connectivity index (χ1n) is 6.24.